The van der Waals surface area contributed by atoms with Gasteiger partial charge in [-0.05, 0) is 67.9 Å². The molecule has 1 aliphatic carbocycles. The second-order valence-electron chi connectivity index (χ2n) is 10.5. The van der Waals surface area contributed by atoms with Gasteiger partial charge in [-0.25, -0.2) is 4.98 Å². The van der Waals surface area contributed by atoms with E-state index >= 15 is 0 Å². The lowest BCUT2D eigenvalue weighted by molar-refractivity contribution is -0.134. The van der Waals surface area contributed by atoms with E-state index in [0.29, 0.717) is 12.2 Å². The number of carbonyl (C=O) groups is 2. The lowest BCUT2D eigenvalue weighted by atomic mass is 9.87. The third kappa shape index (κ3) is 5.47. The minimum absolute atomic E-state index is 0.100. The van der Waals surface area contributed by atoms with Crippen molar-refractivity contribution in [2.75, 3.05) is 19.7 Å². The Bertz CT molecular complexity index is 1330. The number of hydrogen-bond acceptors (Lipinski definition) is 6. The topological polar surface area (TPSA) is 80.8 Å². The highest BCUT2D eigenvalue weighted by molar-refractivity contribution is 7.09. The predicted molar refractivity (Wildman–Crippen MR) is 145 cm³/mol. The number of aryl methyl sites for hydroxylation is 1. The molecule has 38 heavy (non-hydrogen) atoms. The zero-order valence-electron chi connectivity index (χ0n) is 21.7. The molecule has 7 nitrogen and oxygen atoms in total. The number of ether oxygens (including phenoxy) is 2. The van der Waals surface area contributed by atoms with Crippen LogP contribution in [0.15, 0.2) is 47.8 Å². The Morgan fingerprint density at radius 2 is 2.08 bits per heavy atom. The molecule has 1 aromatic heterocycles. The zero-order valence-corrected chi connectivity index (χ0v) is 22.5. The highest BCUT2D eigenvalue weighted by Crippen LogP contribution is 2.41. The summed E-state index contributed by atoms with van der Waals surface area (Å²) in [6.07, 6.45) is 4.95. The molecule has 2 aromatic carbocycles. The van der Waals surface area contributed by atoms with E-state index < -0.39 is 0 Å². The molecule has 0 radical (unpaired) electrons. The standard InChI is InChI=1S/C30H33N3O4S/c1-19-4-2-5-22(14-19)28-25-15-23(10-9-20(25)11-12-33(28)30(35)21-7-8-21)37-17-27-32-26(18-38-27)29(34)31-16-24-6-3-13-36-24/h2,4-5,9-10,14-15,18,21,24,28H,3,6-8,11-13,16-17H2,1H3,(H,31,34). The van der Waals surface area contributed by atoms with Crippen molar-refractivity contribution in [3.05, 3.63) is 80.8 Å². The Balaban J connectivity index is 1.17. The molecule has 2 amide bonds. The van der Waals surface area contributed by atoms with Crippen LogP contribution >= 0.6 is 11.3 Å². The normalized spacial score (nSPS) is 20.7. The van der Waals surface area contributed by atoms with Crippen molar-refractivity contribution in [2.24, 2.45) is 5.92 Å². The molecule has 0 bridgehead atoms. The number of thiazole rings is 1. The van der Waals surface area contributed by atoms with Gasteiger partial charge in [0.25, 0.3) is 5.91 Å². The fourth-order valence-corrected chi connectivity index (χ4v) is 6.10. The van der Waals surface area contributed by atoms with Gasteiger partial charge in [-0.3, -0.25) is 9.59 Å². The molecule has 3 aromatic rings. The third-order valence-corrected chi connectivity index (χ3v) is 8.40. The van der Waals surface area contributed by atoms with Gasteiger partial charge in [0.05, 0.1) is 12.1 Å². The average molecular weight is 532 g/mol. The molecule has 1 N–H and O–H groups in total. The van der Waals surface area contributed by atoms with Crippen LogP contribution in [0, 0.1) is 12.8 Å². The van der Waals surface area contributed by atoms with E-state index in [0.717, 1.165) is 67.1 Å². The van der Waals surface area contributed by atoms with Gasteiger partial charge in [-0.15, -0.1) is 11.3 Å². The van der Waals surface area contributed by atoms with Crippen molar-refractivity contribution in [1.29, 1.82) is 0 Å². The average Bonchev–Trinajstić information content (AvgIpc) is 3.44. The van der Waals surface area contributed by atoms with Gasteiger partial charge < -0.3 is 19.7 Å². The van der Waals surface area contributed by atoms with Gasteiger partial charge in [0.15, 0.2) is 0 Å². The van der Waals surface area contributed by atoms with Crippen LogP contribution in [0.2, 0.25) is 0 Å². The van der Waals surface area contributed by atoms with Crippen molar-refractivity contribution in [1.82, 2.24) is 15.2 Å². The van der Waals surface area contributed by atoms with Crippen LogP contribution in [-0.2, 0) is 22.6 Å². The van der Waals surface area contributed by atoms with E-state index in [1.54, 1.807) is 5.38 Å². The summed E-state index contributed by atoms with van der Waals surface area (Å²) in [5.74, 6) is 0.992. The molecule has 6 rings (SSSR count). The number of carbonyl (C=O) groups excluding carboxylic acids is 2. The predicted octanol–water partition coefficient (Wildman–Crippen LogP) is 4.82. The van der Waals surface area contributed by atoms with E-state index in [-0.39, 0.29) is 36.5 Å². The molecule has 1 saturated heterocycles. The van der Waals surface area contributed by atoms with Crippen LogP contribution in [0.4, 0.5) is 0 Å². The Kier molecular flexibility index (Phi) is 7.17. The van der Waals surface area contributed by atoms with E-state index in [4.69, 9.17) is 9.47 Å². The molecule has 3 heterocycles. The van der Waals surface area contributed by atoms with Crippen molar-refractivity contribution in [3.8, 4) is 5.75 Å². The summed E-state index contributed by atoms with van der Waals surface area (Å²) >= 11 is 1.42. The van der Waals surface area contributed by atoms with Gasteiger partial charge in [0.1, 0.15) is 23.1 Å². The second-order valence-corrected chi connectivity index (χ2v) is 11.4. The molecule has 1 saturated carbocycles. The summed E-state index contributed by atoms with van der Waals surface area (Å²) in [6.45, 7) is 4.38. The number of hydrogen-bond donors (Lipinski definition) is 1. The highest BCUT2D eigenvalue weighted by Gasteiger charge is 2.39. The lowest BCUT2D eigenvalue weighted by Crippen LogP contribution is -2.41. The van der Waals surface area contributed by atoms with Crippen LogP contribution in [0.5, 0.6) is 5.75 Å². The molecule has 2 unspecified atom stereocenters. The summed E-state index contributed by atoms with van der Waals surface area (Å²) in [5, 5.41) is 5.43. The van der Waals surface area contributed by atoms with E-state index in [1.165, 1.54) is 22.5 Å². The molecule has 8 heteroatoms. The van der Waals surface area contributed by atoms with Crippen molar-refractivity contribution in [3.63, 3.8) is 0 Å². The first-order valence-corrected chi connectivity index (χ1v) is 14.4. The summed E-state index contributed by atoms with van der Waals surface area (Å²) < 4.78 is 11.7. The summed E-state index contributed by atoms with van der Waals surface area (Å²) in [4.78, 5) is 32.3. The zero-order chi connectivity index (χ0) is 26.1. The quantitative estimate of drug-likeness (QED) is 0.451. The van der Waals surface area contributed by atoms with Crippen LogP contribution in [0.3, 0.4) is 0 Å². The number of aromatic nitrogens is 1. The van der Waals surface area contributed by atoms with Crippen LogP contribution in [0.1, 0.15) is 69.5 Å². The number of nitrogens with one attached hydrogen (secondary N) is 1. The first-order valence-electron chi connectivity index (χ1n) is 13.5. The van der Waals surface area contributed by atoms with Crippen LogP contribution in [-0.4, -0.2) is 47.5 Å². The van der Waals surface area contributed by atoms with E-state index in [1.807, 2.05) is 6.07 Å². The maximum Gasteiger partial charge on any atom is 0.270 e. The minimum Gasteiger partial charge on any atom is -0.486 e. The smallest absolute Gasteiger partial charge is 0.270 e. The molecule has 198 valence electrons. The van der Waals surface area contributed by atoms with E-state index in [2.05, 4.69) is 58.5 Å². The van der Waals surface area contributed by atoms with Crippen molar-refractivity contribution < 1.29 is 19.1 Å². The van der Waals surface area contributed by atoms with Gasteiger partial charge >= 0.3 is 0 Å². The molecule has 2 atom stereocenters. The van der Waals surface area contributed by atoms with Gasteiger partial charge in [-0.1, -0.05) is 35.9 Å². The molecular weight excluding hydrogens is 498 g/mol. The molecular formula is C30H33N3O4S. The van der Waals surface area contributed by atoms with E-state index in [9.17, 15) is 9.59 Å². The molecule has 3 aliphatic rings. The summed E-state index contributed by atoms with van der Waals surface area (Å²) in [7, 11) is 0. The molecule has 2 fully saturated rings. The van der Waals surface area contributed by atoms with Crippen molar-refractivity contribution in [2.45, 2.75) is 57.8 Å². The summed E-state index contributed by atoms with van der Waals surface area (Å²) in [5.41, 5.74) is 5.10. The first kappa shape index (κ1) is 25.1. The number of rotatable bonds is 8. The molecule has 2 aliphatic heterocycles. The Hall–Kier alpha value is -3.23. The Labute approximate surface area is 227 Å². The monoisotopic (exact) mass is 531 g/mol. The number of nitrogens with zero attached hydrogens (tertiary/aromatic N) is 2. The SMILES string of the molecule is Cc1cccc(C2c3cc(OCc4nc(C(=O)NCC5CCCO5)cs4)ccc3CCN2C(=O)C2CC2)c1. The highest BCUT2D eigenvalue weighted by atomic mass is 32.1. The van der Waals surface area contributed by atoms with Gasteiger partial charge in [-0.2, -0.15) is 0 Å². The minimum atomic E-state index is -0.182. The third-order valence-electron chi connectivity index (χ3n) is 7.57. The largest absolute Gasteiger partial charge is 0.486 e. The van der Waals surface area contributed by atoms with Crippen LogP contribution in [0.25, 0.3) is 0 Å². The number of amides is 2. The maximum absolute atomic E-state index is 13.3. The first-order chi connectivity index (χ1) is 18.5. The second kappa shape index (κ2) is 10.9. The van der Waals surface area contributed by atoms with Crippen LogP contribution < -0.4 is 10.1 Å². The fourth-order valence-electron chi connectivity index (χ4n) is 5.41. The van der Waals surface area contributed by atoms with Gasteiger partial charge in [0.2, 0.25) is 5.91 Å². The fraction of sp³-hybridized carbons (Fsp3) is 0.433. The summed E-state index contributed by atoms with van der Waals surface area (Å²) in [6, 6.07) is 14.5. The maximum atomic E-state index is 13.3. The Morgan fingerprint density at radius 3 is 2.87 bits per heavy atom. The Morgan fingerprint density at radius 1 is 1.18 bits per heavy atom. The number of benzene rings is 2. The van der Waals surface area contributed by atoms with Gasteiger partial charge in [0, 0.05) is 31.0 Å². The number of fused-ring (bicyclic) bond motifs is 1. The van der Waals surface area contributed by atoms with Crippen molar-refractivity contribution >= 4 is 23.2 Å². The lowest BCUT2D eigenvalue weighted by Gasteiger charge is -2.38. The molecule has 0 spiro atoms.